The van der Waals surface area contributed by atoms with E-state index >= 15 is 0 Å². The number of fused-ring (bicyclic) bond motifs is 3. The van der Waals surface area contributed by atoms with Crippen LogP contribution in [0.5, 0.6) is 0 Å². The van der Waals surface area contributed by atoms with Gasteiger partial charge in [-0.1, -0.05) is 48.5 Å². The molecule has 6 rings (SSSR count). The number of nitrogens with zero attached hydrogens (tertiary/aromatic N) is 1. The summed E-state index contributed by atoms with van der Waals surface area (Å²) < 4.78 is 50.2. The number of carbonyl (C=O) groups is 2. The lowest BCUT2D eigenvalue weighted by Gasteiger charge is -2.59. The maximum absolute atomic E-state index is 13.1. The average Bonchev–Trinajstić information content (AvgIpc) is 3.02. The van der Waals surface area contributed by atoms with Crippen molar-refractivity contribution in [1.82, 2.24) is 4.90 Å². The van der Waals surface area contributed by atoms with Crippen molar-refractivity contribution in [2.24, 2.45) is 11.8 Å². The van der Waals surface area contributed by atoms with Crippen LogP contribution in [0.4, 0.5) is 18.0 Å². The maximum Gasteiger partial charge on any atom is 0.416 e. The molecule has 1 saturated carbocycles. The summed E-state index contributed by atoms with van der Waals surface area (Å²) in [5.74, 6) is -0.698. The number of halogens is 3. The summed E-state index contributed by atoms with van der Waals surface area (Å²) in [4.78, 5) is 27.2. The molecule has 0 spiro atoms. The first-order valence-electron chi connectivity index (χ1n) is 15.4. The molecular formula is C37H36F3NO5. The van der Waals surface area contributed by atoms with Gasteiger partial charge in [-0.05, 0) is 103 Å². The van der Waals surface area contributed by atoms with Crippen LogP contribution < -0.4 is 0 Å². The molecule has 2 bridgehead atoms. The van der Waals surface area contributed by atoms with Crippen molar-refractivity contribution in [1.29, 1.82) is 0 Å². The molecule has 2 aliphatic rings. The number of alkyl halides is 3. The molecule has 1 unspecified atom stereocenters. The summed E-state index contributed by atoms with van der Waals surface area (Å²) in [5.41, 5.74) is 1.70. The summed E-state index contributed by atoms with van der Waals surface area (Å²) in [5, 5.41) is 13.4. The third-order valence-electron chi connectivity index (χ3n) is 9.01. The lowest BCUT2D eigenvalue weighted by molar-refractivity contribution is -0.200. The number of aliphatic hydroxyl groups is 1. The van der Waals surface area contributed by atoms with Gasteiger partial charge in [0.05, 0.1) is 23.3 Å². The van der Waals surface area contributed by atoms with Gasteiger partial charge in [0, 0.05) is 24.9 Å². The molecule has 1 saturated heterocycles. The van der Waals surface area contributed by atoms with E-state index in [4.69, 9.17) is 9.47 Å². The van der Waals surface area contributed by atoms with Gasteiger partial charge in [-0.2, -0.15) is 13.2 Å². The second-order valence-corrected chi connectivity index (χ2v) is 13.2. The summed E-state index contributed by atoms with van der Waals surface area (Å²) in [7, 11) is 0. The predicted octanol–water partition coefficient (Wildman–Crippen LogP) is 8.44. The first kappa shape index (κ1) is 31.6. The molecule has 3 atom stereocenters. The van der Waals surface area contributed by atoms with E-state index in [1.54, 1.807) is 24.0 Å². The fraction of sp³-hybridized carbons (Fsp3) is 0.351. The number of carbonyl (C=O) groups excluding carboxylic acids is 2. The smallest absolute Gasteiger partial charge is 0.416 e. The topological polar surface area (TPSA) is 76.1 Å². The fourth-order valence-electron chi connectivity index (χ4n) is 6.75. The van der Waals surface area contributed by atoms with Crippen molar-refractivity contribution < 1.29 is 37.3 Å². The van der Waals surface area contributed by atoms with Gasteiger partial charge < -0.3 is 19.5 Å². The third-order valence-corrected chi connectivity index (χ3v) is 9.01. The monoisotopic (exact) mass is 631 g/mol. The van der Waals surface area contributed by atoms with Gasteiger partial charge in [0.25, 0.3) is 0 Å². The Morgan fingerprint density at radius 3 is 2.07 bits per heavy atom. The number of esters is 1. The summed E-state index contributed by atoms with van der Waals surface area (Å²) in [6.45, 7) is 8.26. The molecule has 4 aromatic rings. The zero-order chi connectivity index (χ0) is 33.0. The standard InChI is InChI=1S/C37H36F3NO5/c1-5-45-33(42)26-17-25-16-24(22-6-13-28(14-7-22)37(38,39)40)10-15-31(25)32(18-26)23-8-11-27(12-9-23)36(44)29-19-30(36)21-41(20-29)34(43)46-35(2,3)4/h6-18,29-30,44H,5,19-21H2,1-4H3/t29-,30+,36?. The van der Waals surface area contributed by atoms with Crippen molar-refractivity contribution >= 4 is 22.8 Å². The summed E-state index contributed by atoms with van der Waals surface area (Å²) in [6.07, 6.45) is -3.96. The number of amides is 1. The highest BCUT2D eigenvalue weighted by atomic mass is 19.4. The number of rotatable bonds is 5. The zero-order valence-corrected chi connectivity index (χ0v) is 26.1. The Balaban J connectivity index is 1.31. The molecule has 1 amide bonds. The number of benzene rings is 4. The van der Waals surface area contributed by atoms with E-state index < -0.39 is 28.9 Å². The molecule has 6 nitrogen and oxygen atoms in total. The van der Waals surface area contributed by atoms with Gasteiger partial charge in [-0.3, -0.25) is 0 Å². The minimum atomic E-state index is -4.42. The van der Waals surface area contributed by atoms with Crippen molar-refractivity contribution in [2.75, 3.05) is 19.7 Å². The molecule has 1 aliphatic carbocycles. The number of piperidine rings is 2. The minimum absolute atomic E-state index is 0.110. The lowest BCUT2D eigenvalue weighted by atomic mass is 9.55. The molecule has 9 heteroatoms. The van der Waals surface area contributed by atoms with E-state index in [0.29, 0.717) is 29.8 Å². The SMILES string of the molecule is CCOC(=O)c1cc(-c2ccc(C3(O)[C@@H]4C[C@H]3CN(C(=O)OC(C)(C)C)C4)cc2)c2ccc(-c3ccc(C(F)(F)F)cc3)cc2c1. The van der Waals surface area contributed by atoms with Crippen LogP contribution in [-0.2, 0) is 21.3 Å². The molecular weight excluding hydrogens is 595 g/mol. The number of hydrogen-bond acceptors (Lipinski definition) is 5. The van der Waals surface area contributed by atoms with Crippen LogP contribution in [0.15, 0.2) is 78.9 Å². The molecule has 4 aromatic carbocycles. The van der Waals surface area contributed by atoms with Gasteiger partial charge in [-0.15, -0.1) is 0 Å². The van der Waals surface area contributed by atoms with E-state index in [1.807, 2.05) is 63.2 Å². The van der Waals surface area contributed by atoms with Gasteiger partial charge in [0.1, 0.15) is 5.60 Å². The summed E-state index contributed by atoms with van der Waals surface area (Å²) in [6, 6.07) is 21.7. The highest BCUT2D eigenvalue weighted by molar-refractivity contribution is 6.04. The Kier molecular flexibility index (Phi) is 7.87. The van der Waals surface area contributed by atoms with Crippen LogP contribution in [0.2, 0.25) is 0 Å². The molecule has 2 fully saturated rings. The second kappa shape index (κ2) is 11.5. The van der Waals surface area contributed by atoms with Crippen molar-refractivity contribution in [3.8, 4) is 22.3 Å². The van der Waals surface area contributed by atoms with Crippen molar-refractivity contribution in [2.45, 2.75) is 51.5 Å². The van der Waals surface area contributed by atoms with Gasteiger partial charge >= 0.3 is 18.2 Å². The molecule has 46 heavy (non-hydrogen) atoms. The second-order valence-electron chi connectivity index (χ2n) is 13.2. The van der Waals surface area contributed by atoms with Crippen LogP contribution in [-0.4, -0.2) is 47.4 Å². The van der Waals surface area contributed by atoms with E-state index in [-0.39, 0.29) is 24.5 Å². The lowest BCUT2D eigenvalue weighted by Crippen LogP contribution is -2.66. The summed E-state index contributed by atoms with van der Waals surface area (Å²) >= 11 is 0. The first-order chi connectivity index (χ1) is 21.7. The van der Waals surface area contributed by atoms with Gasteiger partial charge in [0.2, 0.25) is 0 Å². The largest absolute Gasteiger partial charge is 0.462 e. The van der Waals surface area contributed by atoms with E-state index in [9.17, 15) is 27.9 Å². The predicted molar refractivity (Wildman–Crippen MR) is 169 cm³/mol. The highest BCUT2D eigenvalue weighted by Crippen LogP contribution is 2.55. The van der Waals surface area contributed by atoms with Crippen LogP contribution in [0, 0.1) is 11.8 Å². The number of ether oxygens (including phenoxy) is 2. The normalized spacial score (nSPS) is 21.1. The molecule has 0 aromatic heterocycles. The van der Waals surface area contributed by atoms with Crippen molar-refractivity contribution in [3.05, 3.63) is 95.6 Å². The zero-order valence-electron chi connectivity index (χ0n) is 26.1. The Morgan fingerprint density at radius 2 is 1.48 bits per heavy atom. The molecule has 240 valence electrons. The average molecular weight is 632 g/mol. The Hall–Kier alpha value is -4.37. The van der Waals surface area contributed by atoms with Gasteiger partial charge in [-0.25, -0.2) is 9.59 Å². The third kappa shape index (κ3) is 5.84. The van der Waals surface area contributed by atoms with Crippen LogP contribution in [0.25, 0.3) is 33.0 Å². The van der Waals surface area contributed by atoms with E-state index in [1.165, 1.54) is 12.1 Å². The number of hydrogen-bond donors (Lipinski definition) is 1. The molecule has 0 radical (unpaired) electrons. The van der Waals surface area contributed by atoms with Crippen molar-refractivity contribution in [3.63, 3.8) is 0 Å². The van der Waals surface area contributed by atoms with E-state index in [0.717, 1.165) is 46.0 Å². The molecule has 1 aliphatic heterocycles. The first-order valence-corrected chi connectivity index (χ1v) is 15.4. The molecule has 1 N–H and O–H groups in total. The fourth-order valence-corrected chi connectivity index (χ4v) is 6.75. The van der Waals surface area contributed by atoms with E-state index in [2.05, 4.69) is 0 Å². The Morgan fingerprint density at radius 1 is 0.870 bits per heavy atom. The quantitative estimate of drug-likeness (QED) is 0.224. The molecule has 1 heterocycles. The maximum atomic E-state index is 13.1. The minimum Gasteiger partial charge on any atom is -0.462 e. The highest BCUT2D eigenvalue weighted by Gasteiger charge is 2.59. The number of likely N-dealkylation sites (tertiary alicyclic amines) is 1. The van der Waals surface area contributed by atoms with Crippen LogP contribution >= 0.6 is 0 Å². The Bertz CT molecular complexity index is 1780. The van der Waals surface area contributed by atoms with Crippen LogP contribution in [0.1, 0.15) is 55.6 Å². The van der Waals surface area contributed by atoms with Crippen LogP contribution in [0.3, 0.4) is 0 Å². The van der Waals surface area contributed by atoms with Gasteiger partial charge in [0.15, 0.2) is 0 Å². The Labute approximate surface area is 265 Å².